The molecule has 1 aromatic heterocycles. The number of nitrogens with zero attached hydrogens (tertiary/aromatic N) is 1. The van der Waals surface area contributed by atoms with Crippen LogP contribution in [0.2, 0.25) is 0 Å². The lowest BCUT2D eigenvalue weighted by Gasteiger charge is -2.16. The summed E-state index contributed by atoms with van der Waals surface area (Å²) in [7, 11) is 1.27. The molecule has 0 aliphatic heterocycles. The maximum absolute atomic E-state index is 12.1. The molecule has 132 valence electrons. The number of amides is 1. The first-order chi connectivity index (χ1) is 12.0. The summed E-state index contributed by atoms with van der Waals surface area (Å²) < 4.78 is 4.74. The van der Waals surface area contributed by atoms with Crippen molar-refractivity contribution >= 4 is 29.5 Å². The zero-order chi connectivity index (χ0) is 18.2. The number of rotatable bonds is 7. The van der Waals surface area contributed by atoms with Gasteiger partial charge in [-0.15, -0.1) is 0 Å². The average Bonchev–Trinajstić information content (AvgIpc) is 2.59. The van der Waals surface area contributed by atoms with Gasteiger partial charge in [-0.25, -0.2) is 9.78 Å². The number of nitrogens with two attached hydrogens (primary N) is 1. The summed E-state index contributed by atoms with van der Waals surface area (Å²) in [6.45, 7) is 0. The monoisotopic (exact) mass is 362 g/mol. The van der Waals surface area contributed by atoms with Crippen LogP contribution >= 0.6 is 11.8 Å². The standard InChI is InChI=1S/C16H18N4O4S/c1-24-15(23)11(7-10-5-3-2-4-6-10)18-14(22)9-25-16-19-12(17)8-13(21)20-16/h2-6,8,11H,7,9H2,1H3,(H,18,22)(H3,17,19,20,21)/t11-/m0/s1. The van der Waals surface area contributed by atoms with E-state index in [1.807, 2.05) is 30.3 Å². The Bertz CT molecular complexity index is 794. The number of carbonyl (C=O) groups excluding carboxylic acids is 2. The molecule has 0 radical (unpaired) electrons. The van der Waals surface area contributed by atoms with Crippen molar-refractivity contribution in [2.24, 2.45) is 0 Å². The van der Waals surface area contributed by atoms with E-state index in [2.05, 4.69) is 15.3 Å². The van der Waals surface area contributed by atoms with Crippen LogP contribution in [0.15, 0.2) is 46.3 Å². The number of benzene rings is 1. The van der Waals surface area contributed by atoms with Crippen molar-refractivity contribution in [3.8, 4) is 0 Å². The van der Waals surface area contributed by atoms with E-state index in [9.17, 15) is 14.4 Å². The van der Waals surface area contributed by atoms with E-state index in [1.54, 1.807) is 0 Å². The minimum atomic E-state index is -0.798. The fourth-order valence-electron chi connectivity index (χ4n) is 2.08. The van der Waals surface area contributed by atoms with Crippen molar-refractivity contribution in [1.29, 1.82) is 0 Å². The zero-order valence-corrected chi connectivity index (χ0v) is 14.3. The maximum Gasteiger partial charge on any atom is 0.328 e. The van der Waals surface area contributed by atoms with Crippen molar-refractivity contribution in [3.63, 3.8) is 0 Å². The Morgan fingerprint density at radius 1 is 1.36 bits per heavy atom. The van der Waals surface area contributed by atoms with E-state index in [4.69, 9.17) is 10.5 Å². The molecule has 9 heteroatoms. The highest BCUT2D eigenvalue weighted by Gasteiger charge is 2.22. The summed E-state index contributed by atoms with van der Waals surface area (Å²) in [5.74, 6) is -0.878. The third-order valence-electron chi connectivity index (χ3n) is 3.18. The predicted molar refractivity (Wildman–Crippen MR) is 94.1 cm³/mol. The van der Waals surface area contributed by atoms with E-state index in [-0.39, 0.29) is 22.6 Å². The Balaban J connectivity index is 1.96. The second-order valence-corrected chi connectivity index (χ2v) is 6.06. The lowest BCUT2D eigenvalue weighted by atomic mass is 10.1. The molecule has 2 aromatic rings. The van der Waals surface area contributed by atoms with E-state index in [1.165, 1.54) is 7.11 Å². The molecule has 1 atom stereocenters. The number of H-pyrrole nitrogens is 1. The molecular formula is C16H18N4O4S. The van der Waals surface area contributed by atoms with Crippen LogP contribution in [0.3, 0.4) is 0 Å². The van der Waals surface area contributed by atoms with Crippen molar-refractivity contribution in [1.82, 2.24) is 15.3 Å². The van der Waals surface area contributed by atoms with Crippen LogP contribution in [-0.2, 0) is 20.7 Å². The number of aromatic amines is 1. The number of ether oxygens (including phenoxy) is 1. The molecule has 0 saturated heterocycles. The summed E-state index contributed by atoms with van der Waals surface area (Å²) in [6, 6.07) is 9.64. The first kappa shape index (κ1) is 18.5. The topological polar surface area (TPSA) is 127 Å². The lowest BCUT2D eigenvalue weighted by molar-refractivity contribution is -0.144. The largest absolute Gasteiger partial charge is 0.467 e. The fraction of sp³-hybridized carbons (Fsp3) is 0.250. The third-order valence-corrected chi connectivity index (χ3v) is 4.06. The average molecular weight is 362 g/mol. The summed E-state index contributed by atoms with van der Waals surface area (Å²) >= 11 is 1.01. The first-order valence-electron chi connectivity index (χ1n) is 7.38. The maximum atomic E-state index is 12.1. The number of nitrogens with one attached hydrogen (secondary N) is 2. The van der Waals surface area contributed by atoms with E-state index in [0.29, 0.717) is 6.42 Å². The molecular weight excluding hydrogens is 344 g/mol. The van der Waals surface area contributed by atoms with Gasteiger partial charge >= 0.3 is 5.97 Å². The highest BCUT2D eigenvalue weighted by Crippen LogP contribution is 2.12. The molecule has 1 amide bonds. The normalized spacial score (nSPS) is 11.6. The SMILES string of the molecule is COC(=O)[C@H](Cc1ccccc1)NC(=O)CSc1nc(N)cc(=O)[nH]1. The Labute approximate surface area is 148 Å². The molecule has 0 unspecified atom stereocenters. The molecule has 0 spiro atoms. The Morgan fingerprint density at radius 3 is 2.72 bits per heavy atom. The number of thioether (sulfide) groups is 1. The number of carbonyl (C=O) groups is 2. The van der Waals surface area contributed by atoms with Crippen LogP contribution in [0.4, 0.5) is 5.82 Å². The quantitative estimate of drug-likeness (QED) is 0.368. The molecule has 4 N–H and O–H groups in total. The number of esters is 1. The molecule has 0 aliphatic rings. The summed E-state index contributed by atoms with van der Waals surface area (Å²) in [4.78, 5) is 41.7. The first-order valence-corrected chi connectivity index (χ1v) is 8.37. The van der Waals surface area contributed by atoms with Crippen LogP contribution in [-0.4, -0.2) is 40.7 Å². The number of aromatic nitrogens is 2. The van der Waals surface area contributed by atoms with Gasteiger partial charge in [-0.05, 0) is 5.56 Å². The van der Waals surface area contributed by atoms with Crippen LogP contribution in [0.25, 0.3) is 0 Å². The van der Waals surface area contributed by atoms with Gasteiger partial charge in [-0.3, -0.25) is 9.59 Å². The smallest absolute Gasteiger partial charge is 0.328 e. The Kier molecular flexibility index (Phi) is 6.58. The second-order valence-electron chi connectivity index (χ2n) is 5.10. The molecule has 0 saturated carbocycles. The van der Waals surface area contributed by atoms with Gasteiger partial charge in [0.15, 0.2) is 5.16 Å². The van der Waals surface area contributed by atoms with Crippen molar-refractivity contribution in [2.75, 3.05) is 18.6 Å². The van der Waals surface area contributed by atoms with Crippen molar-refractivity contribution < 1.29 is 14.3 Å². The third kappa shape index (κ3) is 5.96. The van der Waals surface area contributed by atoms with Crippen LogP contribution in [0, 0.1) is 0 Å². The number of methoxy groups -OCH3 is 1. The van der Waals surface area contributed by atoms with E-state index >= 15 is 0 Å². The highest BCUT2D eigenvalue weighted by atomic mass is 32.2. The van der Waals surface area contributed by atoms with Crippen LogP contribution in [0.5, 0.6) is 0 Å². The number of nitrogen functional groups attached to an aromatic ring is 1. The molecule has 25 heavy (non-hydrogen) atoms. The van der Waals surface area contributed by atoms with Gasteiger partial charge in [-0.1, -0.05) is 42.1 Å². The fourth-order valence-corrected chi connectivity index (χ4v) is 2.77. The second kappa shape index (κ2) is 8.88. The van der Waals surface area contributed by atoms with Gasteiger partial charge < -0.3 is 20.8 Å². The number of hydrogen-bond donors (Lipinski definition) is 3. The predicted octanol–water partition coefficient (Wildman–Crippen LogP) is 0.345. The highest BCUT2D eigenvalue weighted by molar-refractivity contribution is 7.99. The zero-order valence-electron chi connectivity index (χ0n) is 13.5. The molecule has 1 aromatic carbocycles. The van der Waals surface area contributed by atoms with Crippen molar-refractivity contribution in [2.45, 2.75) is 17.6 Å². The van der Waals surface area contributed by atoms with Crippen molar-refractivity contribution in [3.05, 3.63) is 52.3 Å². The van der Waals surface area contributed by atoms with E-state index in [0.717, 1.165) is 23.4 Å². The van der Waals surface area contributed by atoms with Crippen LogP contribution in [0.1, 0.15) is 5.56 Å². The molecule has 0 fully saturated rings. The summed E-state index contributed by atoms with van der Waals surface area (Å²) in [5, 5.41) is 2.86. The van der Waals surface area contributed by atoms with Gasteiger partial charge in [0, 0.05) is 12.5 Å². The minimum Gasteiger partial charge on any atom is -0.467 e. The van der Waals surface area contributed by atoms with Gasteiger partial charge in [0.25, 0.3) is 5.56 Å². The molecule has 8 nitrogen and oxygen atoms in total. The Hall–Kier alpha value is -2.81. The molecule has 0 bridgehead atoms. The molecule has 2 rings (SSSR count). The number of anilines is 1. The van der Waals surface area contributed by atoms with Gasteiger partial charge in [0.2, 0.25) is 5.91 Å². The Morgan fingerprint density at radius 2 is 2.08 bits per heavy atom. The lowest BCUT2D eigenvalue weighted by Crippen LogP contribution is -2.43. The summed E-state index contributed by atoms with van der Waals surface area (Å²) in [6.07, 6.45) is 0.317. The van der Waals surface area contributed by atoms with Gasteiger partial charge in [0.1, 0.15) is 11.9 Å². The number of hydrogen-bond acceptors (Lipinski definition) is 7. The molecule has 0 aliphatic carbocycles. The van der Waals surface area contributed by atoms with E-state index < -0.39 is 17.6 Å². The van der Waals surface area contributed by atoms with Crippen LogP contribution < -0.4 is 16.6 Å². The summed E-state index contributed by atoms with van der Waals surface area (Å²) in [5.41, 5.74) is 5.98. The molecule has 1 heterocycles. The van der Waals surface area contributed by atoms with Gasteiger partial charge in [0.05, 0.1) is 12.9 Å². The van der Waals surface area contributed by atoms with Gasteiger partial charge in [-0.2, -0.15) is 0 Å². The minimum absolute atomic E-state index is 0.0331.